The summed E-state index contributed by atoms with van der Waals surface area (Å²) in [7, 11) is 0. The third-order valence-electron chi connectivity index (χ3n) is 2.03. The van der Waals surface area contributed by atoms with E-state index in [-0.39, 0.29) is 12.5 Å². The van der Waals surface area contributed by atoms with Crippen molar-refractivity contribution in [3.05, 3.63) is 18.4 Å². The summed E-state index contributed by atoms with van der Waals surface area (Å²) in [6.07, 6.45) is 1.46. The van der Waals surface area contributed by atoms with E-state index in [4.69, 9.17) is 9.52 Å². The highest BCUT2D eigenvalue weighted by Crippen LogP contribution is 2.15. The molecule has 2 aromatic rings. The highest BCUT2D eigenvalue weighted by Gasteiger charge is 2.15. The quantitative estimate of drug-likeness (QED) is 0.828. The first-order valence-electron chi connectivity index (χ1n) is 4.72. The van der Waals surface area contributed by atoms with Gasteiger partial charge in [0.1, 0.15) is 0 Å². The summed E-state index contributed by atoms with van der Waals surface area (Å²) < 4.78 is 5.10. The number of hydrogen-bond acceptors (Lipinski definition) is 5. The largest absolute Gasteiger partial charge is 0.481 e. The smallest absolute Gasteiger partial charge is 0.305 e. The van der Waals surface area contributed by atoms with Gasteiger partial charge in [-0.1, -0.05) is 0 Å². The number of tetrazole rings is 1. The number of furan rings is 1. The molecule has 0 aliphatic rings. The SMILES string of the molecule is CC(CC(=O)O)n1nnc(-c2ccco2)n1. The van der Waals surface area contributed by atoms with Crippen LogP contribution < -0.4 is 0 Å². The van der Waals surface area contributed by atoms with Gasteiger partial charge in [-0.25, -0.2) is 0 Å². The van der Waals surface area contributed by atoms with Gasteiger partial charge in [-0.05, 0) is 24.3 Å². The molecule has 2 heterocycles. The van der Waals surface area contributed by atoms with E-state index in [2.05, 4.69) is 15.4 Å². The van der Waals surface area contributed by atoms with Crippen molar-refractivity contribution in [1.29, 1.82) is 0 Å². The molecule has 0 aromatic carbocycles. The zero-order valence-corrected chi connectivity index (χ0v) is 8.57. The Morgan fingerprint density at radius 3 is 3.12 bits per heavy atom. The summed E-state index contributed by atoms with van der Waals surface area (Å²) in [6, 6.07) is 3.09. The minimum absolute atomic E-state index is 0.0477. The second-order valence-corrected chi connectivity index (χ2v) is 3.36. The number of nitrogens with zero attached hydrogens (tertiary/aromatic N) is 4. The number of carboxylic acids is 1. The fourth-order valence-corrected chi connectivity index (χ4v) is 1.25. The predicted octanol–water partition coefficient (Wildman–Crippen LogP) is 0.969. The van der Waals surface area contributed by atoms with Crippen molar-refractivity contribution in [3.8, 4) is 11.6 Å². The average molecular weight is 222 g/mol. The Bertz CT molecular complexity index is 477. The van der Waals surface area contributed by atoms with Crippen LogP contribution in [0.5, 0.6) is 0 Å². The number of aliphatic carboxylic acids is 1. The monoisotopic (exact) mass is 222 g/mol. The molecule has 2 aromatic heterocycles. The maximum absolute atomic E-state index is 10.5. The van der Waals surface area contributed by atoms with Gasteiger partial charge >= 0.3 is 5.97 Å². The zero-order chi connectivity index (χ0) is 11.5. The van der Waals surface area contributed by atoms with Crippen LogP contribution in [-0.2, 0) is 4.79 Å². The molecular weight excluding hydrogens is 212 g/mol. The number of hydrogen-bond donors (Lipinski definition) is 1. The van der Waals surface area contributed by atoms with Crippen LogP contribution in [0.4, 0.5) is 0 Å². The zero-order valence-electron chi connectivity index (χ0n) is 8.57. The van der Waals surface area contributed by atoms with Crippen LogP contribution in [-0.4, -0.2) is 31.3 Å². The molecule has 0 aliphatic heterocycles. The first-order valence-corrected chi connectivity index (χ1v) is 4.72. The molecule has 0 amide bonds. The normalized spacial score (nSPS) is 12.6. The van der Waals surface area contributed by atoms with Crippen molar-refractivity contribution in [2.75, 3.05) is 0 Å². The Morgan fingerprint density at radius 2 is 2.50 bits per heavy atom. The Morgan fingerprint density at radius 1 is 1.69 bits per heavy atom. The first-order chi connectivity index (χ1) is 7.66. The van der Waals surface area contributed by atoms with Crippen molar-refractivity contribution in [2.24, 2.45) is 0 Å². The van der Waals surface area contributed by atoms with Crippen molar-refractivity contribution in [3.63, 3.8) is 0 Å². The van der Waals surface area contributed by atoms with E-state index < -0.39 is 5.97 Å². The standard InChI is InChI=1S/C9H10N4O3/c1-6(5-8(14)15)13-11-9(10-12-13)7-3-2-4-16-7/h2-4,6H,5H2,1H3,(H,14,15). The summed E-state index contributed by atoms with van der Waals surface area (Å²) in [5, 5.41) is 20.2. The fourth-order valence-electron chi connectivity index (χ4n) is 1.25. The van der Waals surface area contributed by atoms with Crippen molar-refractivity contribution in [2.45, 2.75) is 19.4 Å². The van der Waals surface area contributed by atoms with Crippen molar-refractivity contribution >= 4 is 5.97 Å². The van der Waals surface area contributed by atoms with Gasteiger partial charge in [-0.3, -0.25) is 4.79 Å². The topological polar surface area (TPSA) is 94.0 Å². The molecule has 1 atom stereocenters. The molecule has 0 spiro atoms. The molecule has 2 rings (SSSR count). The second-order valence-electron chi connectivity index (χ2n) is 3.36. The van der Waals surface area contributed by atoms with Crippen LogP contribution in [0.25, 0.3) is 11.6 Å². The van der Waals surface area contributed by atoms with Gasteiger partial charge in [0, 0.05) is 0 Å². The second kappa shape index (κ2) is 4.13. The molecule has 0 saturated heterocycles. The van der Waals surface area contributed by atoms with Crippen LogP contribution in [0, 0.1) is 0 Å². The van der Waals surface area contributed by atoms with E-state index in [1.165, 1.54) is 11.1 Å². The van der Waals surface area contributed by atoms with Crippen LogP contribution in [0.1, 0.15) is 19.4 Å². The molecule has 7 nitrogen and oxygen atoms in total. The van der Waals surface area contributed by atoms with E-state index in [0.717, 1.165) is 0 Å². The number of carboxylic acid groups (broad SMARTS) is 1. The summed E-state index contributed by atoms with van der Waals surface area (Å²) in [6.45, 7) is 1.71. The highest BCUT2D eigenvalue weighted by molar-refractivity contribution is 5.67. The lowest BCUT2D eigenvalue weighted by Crippen LogP contribution is -2.13. The van der Waals surface area contributed by atoms with Gasteiger partial charge in [-0.2, -0.15) is 4.80 Å². The summed E-state index contributed by atoms with van der Waals surface area (Å²) in [5.41, 5.74) is 0. The van der Waals surface area contributed by atoms with Gasteiger partial charge in [0.25, 0.3) is 0 Å². The van der Waals surface area contributed by atoms with Crippen molar-refractivity contribution < 1.29 is 14.3 Å². The van der Waals surface area contributed by atoms with Gasteiger partial charge in [0.05, 0.1) is 18.7 Å². The molecule has 1 unspecified atom stereocenters. The van der Waals surface area contributed by atoms with E-state index >= 15 is 0 Å². The Labute approximate surface area is 90.7 Å². The lowest BCUT2D eigenvalue weighted by atomic mass is 10.2. The lowest BCUT2D eigenvalue weighted by Gasteiger charge is -2.04. The van der Waals surface area contributed by atoms with E-state index in [9.17, 15) is 4.79 Å². The van der Waals surface area contributed by atoms with Gasteiger partial charge < -0.3 is 9.52 Å². The summed E-state index contributed by atoms with van der Waals surface area (Å²) in [4.78, 5) is 11.8. The van der Waals surface area contributed by atoms with Gasteiger partial charge in [0.2, 0.25) is 5.82 Å². The molecule has 84 valence electrons. The minimum atomic E-state index is -0.899. The molecular formula is C9H10N4O3. The van der Waals surface area contributed by atoms with Gasteiger partial charge in [-0.15, -0.1) is 10.2 Å². The molecule has 0 fully saturated rings. The van der Waals surface area contributed by atoms with Gasteiger partial charge in [0.15, 0.2) is 5.76 Å². The highest BCUT2D eigenvalue weighted by atomic mass is 16.4. The third kappa shape index (κ3) is 2.08. The maximum Gasteiger partial charge on any atom is 0.305 e. The average Bonchev–Trinajstić information content (AvgIpc) is 2.87. The van der Waals surface area contributed by atoms with E-state index in [0.29, 0.717) is 11.6 Å². The molecule has 1 N–H and O–H groups in total. The molecule has 16 heavy (non-hydrogen) atoms. The fraction of sp³-hybridized carbons (Fsp3) is 0.333. The molecule has 0 aliphatic carbocycles. The Kier molecular flexibility index (Phi) is 2.67. The van der Waals surface area contributed by atoms with Crippen LogP contribution in [0.15, 0.2) is 22.8 Å². The lowest BCUT2D eigenvalue weighted by molar-refractivity contribution is -0.137. The number of carbonyl (C=O) groups is 1. The predicted molar refractivity (Wildman–Crippen MR) is 52.5 cm³/mol. The number of aromatic nitrogens is 4. The Balaban J connectivity index is 2.16. The minimum Gasteiger partial charge on any atom is -0.481 e. The van der Waals surface area contributed by atoms with Crippen LogP contribution >= 0.6 is 0 Å². The maximum atomic E-state index is 10.5. The molecule has 0 saturated carbocycles. The van der Waals surface area contributed by atoms with E-state index in [1.54, 1.807) is 19.1 Å². The summed E-state index contributed by atoms with van der Waals surface area (Å²) in [5.74, 6) is -0.0413. The number of rotatable bonds is 4. The molecule has 0 radical (unpaired) electrons. The van der Waals surface area contributed by atoms with E-state index in [1.807, 2.05) is 0 Å². The van der Waals surface area contributed by atoms with Crippen LogP contribution in [0.2, 0.25) is 0 Å². The third-order valence-corrected chi connectivity index (χ3v) is 2.03. The Hall–Kier alpha value is -2.18. The molecule has 7 heteroatoms. The first kappa shape index (κ1) is 10.3. The summed E-state index contributed by atoms with van der Waals surface area (Å²) >= 11 is 0. The molecule has 0 bridgehead atoms. The van der Waals surface area contributed by atoms with Crippen molar-refractivity contribution in [1.82, 2.24) is 20.2 Å². The van der Waals surface area contributed by atoms with Crippen LogP contribution in [0.3, 0.4) is 0 Å².